The summed E-state index contributed by atoms with van der Waals surface area (Å²) in [6.45, 7) is 2.13. The second kappa shape index (κ2) is 5.80. The molecule has 1 aromatic heterocycles. The van der Waals surface area contributed by atoms with Gasteiger partial charge in [0, 0.05) is 35.2 Å². The van der Waals surface area contributed by atoms with Crippen molar-refractivity contribution in [1.82, 2.24) is 4.98 Å². The second-order valence-electron chi connectivity index (χ2n) is 7.18. The standard InChI is InChI=1S/C23H20N2O/c1-14-6-2-3-7-15(14)21-17-11-12-18-16(8-5-13-24-18)23(17)25-19-9-4-10-20(26)22(19)21/h2-3,5-8,11-13,21,25H,4,9-10H2,1H3/t21-/m1/s1. The highest BCUT2D eigenvalue weighted by molar-refractivity contribution is 6.04. The summed E-state index contributed by atoms with van der Waals surface area (Å²) < 4.78 is 0. The van der Waals surface area contributed by atoms with E-state index < -0.39 is 0 Å². The Bertz CT molecular complexity index is 1080. The molecule has 1 aliphatic heterocycles. The number of benzene rings is 2. The number of carbonyl (C=O) groups is 1. The van der Waals surface area contributed by atoms with Crippen LogP contribution in [0.25, 0.3) is 10.9 Å². The summed E-state index contributed by atoms with van der Waals surface area (Å²) >= 11 is 0. The van der Waals surface area contributed by atoms with E-state index in [-0.39, 0.29) is 11.7 Å². The van der Waals surface area contributed by atoms with Gasteiger partial charge in [0.15, 0.2) is 5.78 Å². The Hall–Kier alpha value is -2.94. The molecule has 3 nitrogen and oxygen atoms in total. The number of hydrogen-bond donors (Lipinski definition) is 1. The normalized spacial score (nSPS) is 19.1. The van der Waals surface area contributed by atoms with Crippen molar-refractivity contribution in [3.8, 4) is 0 Å². The number of rotatable bonds is 1. The van der Waals surface area contributed by atoms with Crippen molar-refractivity contribution < 1.29 is 4.79 Å². The Labute approximate surface area is 152 Å². The van der Waals surface area contributed by atoms with Crippen LogP contribution in [-0.2, 0) is 4.79 Å². The maximum atomic E-state index is 12.9. The number of allylic oxidation sites excluding steroid dienone is 2. The van der Waals surface area contributed by atoms with Gasteiger partial charge in [-0.3, -0.25) is 9.78 Å². The summed E-state index contributed by atoms with van der Waals surface area (Å²) in [5.41, 5.74) is 7.77. The zero-order chi connectivity index (χ0) is 17.7. The summed E-state index contributed by atoms with van der Waals surface area (Å²) in [6, 6.07) is 16.7. The Kier molecular flexibility index (Phi) is 3.42. The fraction of sp³-hybridized carbons (Fsp3) is 0.217. The Balaban J connectivity index is 1.83. The van der Waals surface area contributed by atoms with Crippen LogP contribution in [0.2, 0.25) is 0 Å². The van der Waals surface area contributed by atoms with Crippen molar-refractivity contribution in [3.05, 3.63) is 82.7 Å². The monoisotopic (exact) mass is 340 g/mol. The molecule has 0 saturated heterocycles. The molecule has 0 bridgehead atoms. The maximum Gasteiger partial charge on any atom is 0.161 e. The number of nitrogens with zero attached hydrogens (tertiary/aromatic N) is 1. The molecule has 2 aromatic carbocycles. The van der Waals surface area contributed by atoms with E-state index in [4.69, 9.17) is 0 Å². The van der Waals surface area contributed by atoms with Crippen LogP contribution in [0.1, 0.15) is 41.9 Å². The number of pyridine rings is 1. The Morgan fingerprint density at radius 3 is 2.77 bits per heavy atom. The highest BCUT2D eigenvalue weighted by Gasteiger charge is 2.36. The van der Waals surface area contributed by atoms with E-state index in [1.807, 2.05) is 12.3 Å². The first-order chi connectivity index (χ1) is 12.7. The molecular formula is C23H20N2O. The maximum absolute atomic E-state index is 12.9. The van der Waals surface area contributed by atoms with Crippen molar-refractivity contribution in [2.24, 2.45) is 0 Å². The van der Waals surface area contributed by atoms with Crippen LogP contribution < -0.4 is 5.32 Å². The smallest absolute Gasteiger partial charge is 0.161 e. The van der Waals surface area contributed by atoms with Crippen LogP contribution >= 0.6 is 0 Å². The van der Waals surface area contributed by atoms with E-state index in [1.54, 1.807) is 0 Å². The van der Waals surface area contributed by atoms with Crippen molar-refractivity contribution in [3.63, 3.8) is 0 Å². The van der Waals surface area contributed by atoms with Crippen molar-refractivity contribution in [1.29, 1.82) is 0 Å². The average molecular weight is 340 g/mol. The number of fused-ring (bicyclic) bond motifs is 3. The largest absolute Gasteiger partial charge is 0.358 e. The van der Waals surface area contributed by atoms with E-state index in [2.05, 4.69) is 59.7 Å². The number of nitrogens with one attached hydrogen (secondary N) is 1. The van der Waals surface area contributed by atoms with Gasteiger partial charge in [-0.15, -0.1) is 0 Å². The third-order valence-corrected chi connectivity index (χ3v) is 5.65. The Morgan fingerprint density at radius 2 is 1.88 bits per heavy atom. The average Bonchev–Trinajstić information content (AvgIpc) is 2.67. The molecule has 2 heterocycles. The minimum atomic E-state index is -0.000133. The van der Waals surface area contributed by atoms with E-state index in [1.165, 1.54) is 16.7 Å². The molecule has 0 saturated carbocycles. The third-order valence-electron chi connectivity index (χ3n) is 5.65. The molecule has 1 aliphatic carbocycles. The van der Waals surface area contributed by atoms with Crippen molar-refractivity contribution in [2.75, 3.05) is 5.32 Å². The van der Waals surface area contributed by atoms with Gasteiger partial charge in [0.1, 0.15) is 0 Å². The van der Waals surface area contributed by atoms with Crippen LogP contribution in [0, 0.1) is 6.92 Å². The second-order valence-corrected chi connectivity index (χ2v) is 7.18. The van der Waals surface area contributed by atoms with Gasteiger partial charge in [-0.1, -0.05) is 30.3 Å². The summed E-state index contributed by atoms with van der Waals surface area (Å²) in [4.78, 5) is 17.4. The molecular weight excluding hydrogens is 320 g/mol. The number of hydrogen-bond acceptors (Lipinski definition) is 3. The first-order valence-corrected chi connectivity index (χ1v) is 9.20. The summed E-state index contributed by atoms with van der Waals surface area (Å²) in [7, 11) is 0. The summed E-state index contributed by atoms with van der Waals surface area (Å²) in [5, 5.41) is 4.73. The first-order valence-electron chi connectivity index (χ1n) is 9.20. The molecule has 3 aromatic rings. The molecule has 1 N–H and O–H groups in total. The highest BCUT2D eigenvalue weighted by Crippen LogP contribution is 2.47. The van der Waals surface area contributed by atoms with E-state index >= 15 is 0 Å². The molecule has 0 fully saturated rings. The fourth-order valence-electron chi connectivity index (χ4n) is 4.42. The van der Waals surface area contributed by atoms with Gasteiger partial charge in [-0.05, 0) is 54.7 Å². The molecule has 0 spiro atoms. The quantitative estimate of drug-likeness (QED) is 0.669. The number of Topliss-reactive ketones (excluding diaryl/α,β-unsaturated/α-hetero) is 1. The van der Waals surface area contributed by atoms with Gasteiger partial charge >= 0.3 is 0 Å². The van der Waals surface area contributed by atoms with Gasteiger partial charge < -0.3 is 5.32 Å². The number of carbonyl (C=O) groups excluding carboxylic acids is 1. The number of aryl methyl sites for hydroxylation is 1. The lowest BCUT2D eigenvalue weighted by molar-refractivity contribution is -0.116. The summed E-state index contributed by atoms with van der Waals surface area (Å²) in [5.74, 6) is 0.281. The fourth-order valence-corrected chi connectivity index (χ4v) is 4.42. The van der Waals surface area contributed by atoms with Crippen molar-refractivity contribution >= 4 is 22.4 Å². The lowest BCUT2D eigenvalue weighted by Crippen LogP contribution is -2.27. The molecule has 0 amide bonds. The predicted molar refractivity (Wildman–Crippen MR) is 104 cm³/mol. The van der Waals surface area contributed by atoms with Crippen LogP contribution in [0.4, 0.5) is 5.69 Å². The number of aromatic nitrogens is 1. The molecule has 3 heteroatoms. The van der Waals surface area contributed by atoms with Crippen LogP contribution in [0.15, 0.2) is 66.0 Å². The highest BCUT2D eigenvalue weighted by atomic mass is 16.1. The molecule has 5 rings (SSSR count). The minimum absolute atomic E-state index is 0.000133. The first kappa shape index (κ1) is 15.3. The summed E-state index contributed by atoms with van der Waals surface area (Å²) in [6.07, 6.45) is 4.32. The molecule has 0 unspecified atom stereocenters. The molecule has 26 heavy (non-hydrogen) atoms. The SMILES string of the molecule is Cc1ccccc1[C@H]1C2=C(CCCC2=O)Nc2c1ccc1ncccc21. The predicted octanol–water partition coefficient (Wildman–Crippen LogP) is 5.11. The van der Waals surface area contributed by atoms with E-state index in [0.717, 1.165) is 40.7 Å². The molecule has 0 radical (unpaired) electrons. The molecule has 2 aliphatic rings. The van der Waals surface area contributed by atoms with Gasteiger partial charge in [-0.25, -0.2) is 0 Å². The van der Waals surface area contributed by atoms with Gasteiger partial charge in [-0.2, -0.15) is 0 Å². The van der Waals surface area contributed by atoms with Gasteiger partial charge in [0.25, 0.3) is 0 Å². The lowest BCUT2D eigenvalue weighted by atomic mass is 9.74. The Morgan fingerprint density at radius 1 is 1.00 bits per heavy atom. The van der Waals surface area contributed by atoms with Crippen molar-refractivity contribution in [2.45, 2.75) is 32.1 Å². The van der Waals surface area contributed by atoms with E-state index in [0.29, 0.717) is 6.42 Å². The topological polar surface area (TPSA) is 42.0 Å². The number of anilines is 1. The number of ketones is 1. The van der Waals surface area contributed by atoms with Gasteiger partial charge in [0.2, 0.25) is 0 Å². The molecule has 1 atom stereocenters. The zero-order valence-corrected chi connectivity index (χ0v) is 14.8. The third kappa shape index (κ3) is 2.20. The van der Waals surface area contributed by atoms with Crippen LogP contribution in [-0.4, -0.2) is 10.8 Å². The van der Waals surface area contributed by atoms with E-state index in [9.17, 15) is 4.79 Å². The lowest BCUT2D eigenvalue weighted by Gasteiger charge is -2.35. The zero-order valence-electron chi connectivity index (χ0n) is 14.8. The molecule has 128 valence electrons. The van der Waals surface area contributed by atoms with Crippen LogP contribution in [0.3, 0.4) is 0 Å². The van der Waals surface area contributed by atoms with Gasteiger partial charge in [0.05, 0.1) is 11.2 Å². The van der Waals surface area contributed by atoms with Crippen LogP contribution in [0.5, 0.6) is 0 Å². The minimum Gasteiger partial charge on any atom is -0.358 e.